The minimum atomic E-state index is 0.413. The number of guanidine groups is 1. The molecule has 90 valence electrons. The Morgan fingerprint density at radius 1 is 1.40 bits per heavy atom. The van der Waals surface area contributed by atoms with Crippen molar-refractivity contribution in [2.24, 2.45) is 10.6 Å². The molecule has 0 aromatic heterocycles. The molecule has 0 aliphatic rings. The van der Waals surface area contributed by atoms with Crippen LogP contribution in [0.2, 0.25) is 0 Å². The first kappa shape index (κ1) is 14.1. The highest BCUT2D eigenvalue weighted by molar-refractivity contribution is 5.78. The van der Waals surface area contributed by atoms with E-state index in [1.54, 1.807) is 4.90 Å². The normalized spacial score (nSPS) is 12.7. The summed E-state index contributed by atoms with van der Waals surface area (Å²) in [6.07, 6.45) is 3.47. The van der Waals surface area contributed by atoms with Crippen LogP contribution in [-0.2, 0) is 0 Å². The third-order valence-corrected chi connectivity index (χ3v) is 2.79. The van der Waals surface area contributed by atoms with E-state index in [0.29, 0.717) is 11.4 Å². The maximum atomic E-state index is 8.69. The van der Waals surface area contributed by atoms with Crippen LogP contribution in [0.3, 0.4) is 0 Å². The number of nitrogens with one attached hydrogen (secondary N) is 1. The summed E-state index contributed by atoms with van der Waals surface area (Å²) >= 11 is 0. The van der Waals surface area contributed by atoms with Gasteiger partial charge >= 0.3 is 0 Å². The molecule has 0 radical (unpaired) electrons. The molecule has 4 nitrogen and oxygen atoms in total. The molecule has 0 saturated heterocycles. The van der Waals surface area contributed by atoms with Crippen LogP contribution in [0.5, 0.6) is 0 Å². The summed E-state index contributed by atoms with van der Waals surface area (Å²) in [7, 11) is 3.69. The van der Waals surface area contributed by atoms with Crippen LogP contribution >= 0.6 is 0 Å². The Hall–Kier alpha value is -0.930. The summed E-state index contributed by atoms with van der Waals surface area (Å²) in [6, 6.07) is 0. The van der Waals surface area contributed by atoms with Gasteiger partial charge in [0.1, 0.15) is 0 Å². The van der Waals surface area contributed by atoms with Crippen LogP contribution in [0.1, 0.15) is 40.0 Å². The van der Waals surface area contributed by atoms with Crippen molar-refractivity contribution >= 4 is 5.96 Å². The second-order valence-electron chi connectivity index (χ2n) is 4.87. The lowest BCUT2D eigenvalue weighted by atomic mass is 9.85. The van der Waals surface area contributed by atoms with Crippen LogP contribution < -0.4 is 5.32 Å². The highest BCUT2D eigenvalue weighted by atomic mass is 16.4. The van der Waals surface area contributed by atoms with Gasteiger partial charge in [0, 0.05) is 20.6 Å². The third-order valence-electron chi connectivity index (χ3n) is 2.79. The molecular formula is C11H25N3O. The molecule has 0 bridgehead atoms. The molecule has 0 aliphatic heterocycles. The second-order valence-corrected chi connectivity index (χ2v) is 4.87. The maximum absolute atomic E-state index is 8.69. The molecule has 0 saturated carbocycles. The molecule has 4 heteroatoms. The van der Waals surface area contributed by atoms with Gasteiger partial charge in [0.2, 0.25) is 5.96 Å². The zero-order chi connectivity index (χ0) is 11.9. The van der Waals surface area contributed by atoms with E-state index in [-0.39, 0.29) is 0 Å². The lowest BCUT2D eigenvalue weighted by Gasteiger charge is -2.23. The quantitative estimate of drug-likeness (QED) is 0.243. The van der Waals surface area contributed by atoms with Crippen molar-refractivity contribution in [1.29, 1.82) is 0 Å². The van der Waals surface area contributed by atoms with Gasteiger partial charge in [-0.25, -0.2) is 0 Å². The Morgan fingerprint density at radius 2 is 2.00 bits per heavy atom. The molecule has 0 fully saturated rings. The maximum Gasteiger partial charge on any atom is 0.235 e. The Bertz CT molecular complexity index is 200. The first-order valence-electron chi connectivity index (χ1n) is 5.56. The van der Waals surface area contributed by atoms with Crippen LogP contribution in [0, 0.1) is 5.41 Å². The molecule has 0 spiro atoms. The summed E-state index contributed by atoms with van der Waals surface area (Å²) in [5.41, 5.74) is 0.413. The van der Waals surface area contributed by atoms with Crippen LogP contribution in [-0.4, -0.2) is 36.7 Å². The van der Waals surface area contributed by atoms with Gasteiger partial charge in [-0.1, -0.05) is 32.3 Å². The lowest BCUT2D eigenvalue weighted by molar-refractivity contribution is 0.300. The summed E-state index contributed by atoms with van der Waals surface area (Å²) < 4.78 is 0. The zero-order valence-electron chi connectivity index (χ0n) is 10.7. The molecule has 0 aromatic carbocycles. The summed E-state index contributed by atoms with van der Waals surface area (Å²) in [5, 5.41) is 15.0. The molecule has 0 aliphatic carbocycles. The van der Waals surface area contributed by atoms with Crippen molar-refractivity contribution < 1.29 is 5.21 Å². The van der Waals surface area contributed by atoms with E-state index in [2.05, 4.69) is 31.2 Å². The van der Waals surface area contributed by atoms with Gasteiger partial charge in [-0.3, -0.25) is 0 Å². The van der Waals surface area contributed by atoms with Crippen LogP contribution in [0.25, 0.3) is 0 Å². The van der Waals surface area contributed by atoms with Crippen molar-refractivity contribution in [3.05, 3.63) is 0 Å². The van der Waals surface area contributed by atoms with E-state index < -0.39 is 0 Å². The molecule has 0 heterocycles. The van der Waals surface area contributed by atoms with Gasteiger partial charge in [0.05, 0.1) is 0 Å². The van der Waals surface area contributed by atoms with E-state index >= 15 is 0 Å². The van der Waals surface area contributed by atoms with E-state index in [1.165, 1.54) is 12.8 Å². The minimum absolute atomic E-state index is 0.413. The van der Waals surface area contributed by atoms with Crippen molar-refractivity contribution in [2.75, 3.05) is 20.6 Å². The summed E-state index contributed by atoms with van der Waals surface area (Å²) in [4.78, 5) is 1.75. The molecule has 0 atom stereocenters. The topological polar surface area (TPSA) is 47.9 Å². The van der Waals surface area contributed by atoms with E-state index in [9.17, 15) is 0 Å². The smallest absolute Gasteiger partial charge is 0.235 e. The molecule has 15 heavy (non-hydrogen) atoms. The Kier molecular flexibility index (Phi) is 6.13. The monoisotopic (exact) mass is 215 g/mol. The molecule has 2 N–H and O–H groups in total. The number of hydrogen-bond acceptors (Lipinski definition) is 2. The van der Waals surface area contributed by atoms with Gasteiger partial charge in [0.25, 0.3) is 0 Å². The zero-order valence-corrected chi connectivity index (χ0v) is 10.7. The van der Waals surface area contributed by atoms with E-state index in [4.69, 9.17) is 5.21 Å². The predicted molar refractivity (Wildman–Crippen MR) is 64.2 cm³/mol. The first-order valence-corrected chi connectivity index (χ1v) is 5.56. The van der Waals surface area contributed by atoms with Crippen molar-refractivity contribution in [2.45, 2.75) is 40.0 Å². The average molecular weight is 215 g/mol. The third kappa shape index (κ3) is 6.20. The van der Waals surface area contributed by atoms with Crippen molar-refractivity contribution in [3.8, 4) is 0 Å². The summed E-state index contributed by atoms with van der Waals surface area (Å²) in [5.74, 6) is 0.518. The Labute approximate surface area is 93.3 Å². The lowest BCUT2D eigenvalue weighted by Crippen LogP contribution is -2.37. The van der Waals surface area contributed by atoms with Gasteiger partial charge in [0.15, 0.2) is 0 Å². The highest BCUT2D eigenvalue weighted by Crippen LogP contribution is 2.25. The Balaban J connectivity index is 3.72. The predicted octanol–water partition coefficient (Wildman–Crippen LogP) is 2.10. The first-order chi connectivity index (χ1) is 6.93. The van der Waals surface area contributed by atoms with Gasteiger partial charge in [-0.15, -0.1) is 0 Å². The molecule has 0 unspecified atom stereocenters. The van der Waals surface area contributed by atoms with Crippen molar-refractivity contribution in [3.63, 3.8) is 0 Å². The minimum Gasteiger partial charge on any atom is -0.408 e. The van der Waals surface area contributed by atoms with Gasteiger partial charge in [-0.2, -0.15) is 0 Å². The van der Waals surface area contributed by atoms with Crippen molar-refractivity contribution in [1.82, 2.24) is 10.2 Å². The fraction of sp³-hybridized carbons (Fsp3) is 0.909. The fourth-order valence-corrected chi connectivity index (χ4v) is 1.23. The number of nitrogens with zero attached hydrogens (tertiary/aromatic N) is 2. The Morgan fingerprint density at radius 3 is 2.40 bits per heavy atom. The average Bonchev–Trinajstić information content (AvgIpc) is 2.17. The van der Waals surface area contributed by atoms with Crippen LogP contribution in [0.15, 0.2) is 5.16 Å². The fourth-order valence-electron chi connectivity index (χ4n) is 1.23. The molecular weight excluding hydrogens is 190 g/mol. The van der Waals surface area contributed by atoms with E-state index in [1.807, 2.05) is 14.1 Å². The standard InChI is InChI=1S/C11H25N3O/c1-6-11(2,3)8-7-9-12-10(13-15)14(4)5/h15H,6-9H2,1-5H3,(H,12,13). The van der Waals surface area contributed by atoms with E-state index in [0.717, 1.165) is 13.0 Å². The number of rotatable bonds is 5. The largest absolute Gasteiger partial charge is 0.408 e. The summed E-state index contributed by atoms with van der Waals surface area (Å²) in [6.45, 7) is 7.62. The highest BCUT2D eigenvalue weighted by Gasteiger charge is 2.14. The second kappa shape index (κ2) is 6.53. The number of oxime groups is 1. The molecule has 0 amide bonds. The number of hydrogen-bond donors (Lipinski definition) is 2. The SMILES string of the molecule is CCC(C)(C)CCCN/C(=N/O)N(C)C. The molecule has 0 aromatic rings. The van der Waals surface area contributed by atoms with Gasteiger partial charge < -0.3 is 15.4 Å². The van der Waals surface area contributed by atoms with Crippen LogP contribution in [0.4, 0.5) is 0 Å². The van der Waals surface area contributed by atoms with Gasteiger partial charge in [-0.05, 0) is 18.3 Å². The molecule has 0 rings (SSSR count).